The van der Waals surface area contributed by atoms with Gasteiger partial charge in [-0.3, -0.25) is 29.3 Å². The molecular formula is C43H66N8O12. The molecule has 20 nitrogen and oxygen atoms in total. The number of urea groups is 2. The summed E-state index contributed by atoms with van der Waals surface area (Å²) in [5, 5.41) is 11.8. The van der Waals surface area contributed by atoms with Crippen LogP contribution in [-0.2, 0) is 40.2 Å². The van der Waals surface area contributed by atoms with Gasteiger partial charge in [0, 0.05) is 39.3 Å². The van der Waals surface area contributed by atoms with E-state index in [1.54, 1.807) is 28.8 Å². The van der Waals surface area contributed by atoms with E-state index in [1.165, 1.54) is 9.96 Å². The van der Waals surface area contributed by atoms with Crippen molar-refractivity contribution in [3.8, 4) is 0 Å². The standard InChI is InChI=1S/C25H36N4O6.C18H30N4O6/c1-25(2,3)34-24(32)27(4)18-10-12-20(14-18)35-26-22(30)21-13-11-19-15-28(21)23(31)29(19)33-16-17-8-6-5-7-9-17;1-18(2,3)27-17(25)20(4)11-5-7-13(9-11)28-19-15(23)14-8-6-12-10-21(14)16(24)22(12)26/h5-9,18-21H,10-16H2,1-4H3,(H,26,30);11-14,26H,5-10H2,1-4H3,(H,19,23)/t18?,19-,20?,21+;11?,12-,13?,14+/m11/s1. The van der Waals surface area contributed by atoms with Crippen LogP contribution in [0.15, 0.2) is 30.3 Å². The van der Waals surface area contributed by atoms with Crippen molar-refractivity contribution in [1.82, 2.24) is 40.7 Å². The molecule has 8 atom stereocenters. The molecule has 8 amide bonds. The second-order valence-corrected chi connectivity index (χ2v) is 19.3. The number of hydroxylamine groups is 6. The molecule has 3 N–H and O–H groups in total. The van der Waals surface area contributed by atoms with Gasteiger partial charge in [-0.1, -0.05) is 30.3 Å². The summed E-state index contributed by atoms with van der Waals surface area (Å²) in [6.07, 6.45) is 5.27. The Kier molecular flexibility index (Phi) is 15.0. The Bertz CT molecular complexity index is 1810. The van der Waals surface area contributed by atoms with E-state index in [0.29, 0.717) is 76.1 Å². The lowest BCUT2D eigenvalue weighted by molar-refractivity contribution is -0.144. The van der Waals surface area contributed by atoms with E-state index in [4.69, 9.17) is 24.0 Å². The second-order valence-electron chi connectivity index (χ2n) is 19.3. The Hall–Kier alpha value is -4.92. The molecule has 6 fully saturated rings. The number of hydrogen-bond acceptors (Lipinski definition) is 12. The number of carbonyl (C=O) groups is 6. The first-order chi connectivity index (χ1) is 29.7. The number of nitrogens with one attached hydrogen (secondary N) is 2. The number of fused-ring (bicyclic) bond motifs is 4. The molecule has 1 aromatic rings. The van der Waals surface area contributed by atoms with Crippen LogP contribution < -0.4 is 11.0 Å². The van der Waals surface area contributed by atoms with Gasteiger partial charge in [0.2, 0.25) is 0 Å². The quantitative estimate of drug-likeness (QED) is 0.204. The maximum Gasteiger partial charge on any atom is 0.410 e. The van der Waals surface area contributed by atoms with Crippen molar-refractivity contribution in [1.29, 1.82) is 0 Å². The number of piperidine rings is 2. The van der Waals surface area contributed by atoms with Gasteiger partial charge in [0.25, 0.3) is 11.8 Å². The summed E-state index contributed by atoms with van der Waals surface area (Å²) in [5.41, 5.74) is 4.92. The predicted molar refractivity (Wildman–Crippen MR) is 224 cm³/mol. The molecule has 4 bridgehead atoms. The highest BCUT2D eigenvalue weighted by Gasteiger charge is 2.49. The fourth-order valence-corrected chi connectivity index (χ4v) is 8.85. The third-order valence-electron chi connectivity index (χ3n) is 12.3. The summed E-state index contributed by atoms with van der Waals surface area (Å²) in [7, 11) is 3.43. The normalized spacial score (nSPS) is 27.8. The minimum absolute atomic E-state index is 0.0160. The SMILES string of the molecule is CN(C(=O)OC(C)(C)C)C1CCC(ONC(=O)[C@@H]2CC[C@@H]3CN2C(=O)N3O)C1.CN(C(=O)OC(C)(C)C)C1CCC(ONC(=O)[C@@H]2CC[C@@H]3CN2C(=O)N3OCc2ccccc2)C1. The van der Waals surface area contributed by atoms with Gasteiger partial charge in [-0.25, -0.2) is 35.2 Å². The van der Waals surface area contributed by atoms with Gasteiger partial charge in [-0.15, -0.1) is 0 Å². The smallest absolute Gasteiger partial charge is 0.410 e. The Morgan fingerprint density at radius 1 is 0.667 bits per heavy atom. The average molecular weight is 887 g/mol. The van der Waals surface area contributed by atoms with Crippen molar-refractivity contribution < 1.29 is 58.0 Å². The van der Waals surface area contributed by atoms with Crippen molar-refractivity contribution in [2.24, 2.45) is 0 Å². The number of carbonyl (C=O) groups excluding carboxylic acids is 6. The molecule has 2 aliphatic carbocycles. The lowest BCUT2D eigenvalue weighted by atomic mass is 10.0. The number of hydrogen-bond donors (Lipinski definition) is 3. The van der Waals surface area contributed by atoms with Crippen LogP contribution in [0, 0.1) is 0 Å². The van der Waals surface area contributed by atoms with E-state index in [0.717, 1.165) is 18.4 Å². The molecule has 6 aliphatic rings. The van der Waals surface area contributed by atoms with Crippen LogP contribution in [0.3, 0.4) is 0 Å². The molecule has 0 spiro atoms. The minimum Gasteiger partial charge on any atom is -0.444 e. The lowest BCUT2D eigenvalue weighted by Crippen LogP contribution is -2.50. The van der Waals surface area contributed by atoms with E-state index < -0.39 is 29.3 Å². The lowest BCUT2D eigenvalue weighted by Gasteiger charge is -2.29. The topological polar surface area (TPSA) is 212 Å². The van der Waals surface area contributed by atoms with Crippen molar-refractivity contribution >= 4 is 36.1 Å². The molecule has 4 saturated heterocycles. The number of rotatable bonds is 11. The fraction of sp³-hybridized carbons (Fsp3) is 0.721. The molecule has 4 aliphatic heterocycles. The first-order valence-corrected chi connectivity index (χ1v) is 22.1. The summed E-state index contributed by atoms with van der Waals surface area (Å²) >= 11 is 0. The van der Waals surface area contributed by atoms with Crippen LogP contribution in [0.4, 0.5) is 19.2 Å². The zero-order chi connectivity index (χ0) is 45.8. The molecule has 4 heterocycles. The molecule has 0 radical (unpaired) electrons. The number of amides is 8. The van der Waals surface area contributed by atoms with Gasteiger partial charge in [-0.2, -0.15) is 5.06 Å². The highest BCUT2D eigenvalue weighted by Crippen LogP contribution is 2.33. The van der Waals surface area contributed by atoms with E-state index in [-0.39, 0.29) is 66.4 Å². The summed E-state index contributed by atoms with van der Waals surface area (Å²) in [4.78, 5) is 97.9. The monoisotopic (exact) mass is 886 g/mol. The van der Waals surface area contributed by atoms with Crippen LogP contribution in [0.5, 0.6) is 0 Å². The van der Waals surface area contributed by atoms with E-state index in [1.807, 2.05) is 71.9 Å². The Labute approximate surface area is 369 Å². The average Bonchev–Trinajstić information content (AvgIpc) is 4.01. The van der Waals surface area contributed by atoms with Crippen LogP contribution in [-0.4, -0.2) is 158 Å². The van der Waals surface area contributed by atoms with E-state index >= 15 is 0 Å². The predicted octanol–water partition coefficient (Wildman–Crippen LogP) is 4.70. The van der Waals surface area contributed by atoms with Crippen LogP contribution >= 0.6 is 0 Å². The van der Waals surface area contributed by atoms with Gasteiger partial charge >= 0.3 is 24.2 Å². The summed E-state index contributed by atoms with van der Waals surface area (Å²) < 4.78 is 10.8. The summed E-state index contributed by atoms with van der Waals surface area (Å²) in [5.74, 6) is -0.711. The van der Waals surface area contributed by atoms with Crippen LogP contribution in [0.25, 0.3) is 0 Å². The minimum atomic E-state index is -0.637. The zero-order valence-corrected chi connectivity index (χ0v) is 37.8. The first-order valence-electron chi connectivity index (χ1n) is 22.1. The second kappa shape index (κ2) is 19.9. The molecule has 350 valence electrons. The Balaban J connectivity index is 0.000000215. The van der Waals surface area contributed by atoms with Gasteiger partial charge in [0.05, 0.1) is 24.3 Å². The molecular weight excluding hydrogens is 821 g/mol. The third kappa shape index (κ3) is 12.0. The Morgan fingerprint density at radius 2 is 1.13 bits per heavy atom. The molecule has 0 aromatic heterocycles. The van der Waals surface area contributed by atoms with Crippen molar-refractivity contribution in [2.45, 2.75) is 172 Å². The molecule has 63 heavy (non-hydrogen) atoms. The number of benzene rings is 1. The zero-order valence-electron chi connectivity index (χ0n) is 37.8. The van der Waals surface area contributed by atoms with Gasteiger partial charge in [-0.05, 0) is 111 Å². The number of nitrogens with zero attached hydrogens (tertiary/aromatic N) is 6. The fourth-order valence-electron chi connectivity index (χ4n) is 8.85. The molecule has 20 heteroatoms. The third-order valence-corrected chi connectivity index (χ3v) is 12.3. The van der Waals surface area contributed by atoms with E-state index in [9.17, 15) is 34.0 Å². The maximum atomic E-state index is 12.9. The summed E-state index contributed by atoms with van der Waals surface area (Å²) in [6, 6.07) is 7.28. The molecule has 7 rings (SSSR count). The molecule has 2 saturated carbocycles. The number of ether oxygens (including phenoxy) is 2. The van der Waals surface area contributed by atoms with Crippen molar-refractivity contribution in [2.75, 3.05) is 27.2 Å². The Morgan fingerprint density at radius 3 is 1.62 bits per heavy atom. The van der Waals surface area contributed by atoms with Crippen LogP contribution in [0.2, 0.25) is 0 Å². The molecule has 4 unspecified atom stereocenters. The van der Waals surface area contributed by atoms with Gasteiger partial charge in [0.15, 0.2) is 0 Å². The molecule has 1 aromatic carbocycles. The van der Waals surface area contributed by atoms with Gasteiger partial charge in [0.1, 0.15) is 29.9 Å². The first kappa shape index (κ1) is 47.6. The highest BCUT2D eigenvalue weighted by atomic mass is 16.7. The largest absolute Gasteiger partial charge is 0.444 e. The van der Waals surface area contributed by atoms with E-state index in [2.05, 4.69) is 11.0 Å². The highest BCUT2D eigenvalue weighted by molar-refractivity contribution is 5.88. The van der Waals surface area contributed by atoms with Crippen LogP contribution in [0.1, 0.15) is 111 Å². The maximum absolute atomic E-state index is 12.9. The van der Waals surface area contributed by atoms with Crippen molar-refractivity contribution in [3.63, 3.8) is 0 Å². The summed E-state index contributed by atoms with van der Waals surface area (Å²) in [6.45, 7) is 12.1. The van der Waals surface area contributed by atoms with Gasteiger partial charge < -0.3 is 29.1 Å². The van der Waals surface area contributed by atoms with Crippen molar-refractivity contribution in [3.05, 3.63) is 35.9 Å².